The van der Waals surface area contributed by atoms with Crippen molar-refractivity contribution in [3.8, 4) is 6.07 Å². The maximum Gasteiger partial charge on any atom is 0.336 e. The average Bonchev–Trinajstić information content (AvgIpc) is 2.42. The molecule has 0 amide bonds. The molecule has 2 rings (SSSR count). The Morgan fingerprint density at radius 1 is 1.30 bits per heavy atom. The van der Waals surface area contributed by atoms with Crippen molar-refractivity contribution in [3.05, 3.63) is 57.6 Å². The lowest BCUT2D eigenvalue weighted by molar-refractivity contribution is 0.0696. The molecule has 0 atom stereocenters. The van der Waals surface area contributed by atoms with Crippen molar-refractivity contribution < 1.29 is 9.90 Å². The first-order valence-corrected chi connectivity index (χ1v) is 6.61. The van der Waals surface area contributed by atoms with Gasteiger partial charge in [0.1, 0.15) is 6.07 Å². The largest absolute Gasteiger partial charge is 0.478 e. The summed E-state index contributed by atoms with van der Waals surface area (Å²) in [7, 11) is 0. The first-order valence-electron chi connectivity index (χ1n) is 5.82. The molecule has 0 heterocycles. The van der Waals surface area contributed by atoms with Gasteiger partial charge in [-0.15, -0.1) is 0 Å². The number of carboxylic acid groups (broad SMARTS) is 1. The first kappa shape index (κ1) is 14.1. The first-order chi connectivity index (χ1) is 9.51. The highest BCUT2D eigenvalue weighted by atomic mass is 79.9. The van der Waals surface area contributed by atoms with E-state index in [1.165, 1.54) is 0 Å². The van der Waals surface area contributed by atoms with Crippen LogP contribution in [0.1, 0.15) is 21.5 Å². The summed E-state index contributed by atoms with van der Waals surface area (Å²) >= 11 is 3.31. The highest BCUT2D eigenvalue weighted by molar-refractivity contribution is 9.10. The molecule has 2 N–H and O–H groups in total. The maximum absolute atomic E-state index is 11.1. The second-order valence-corrected chi connectivity index (χ2v) is 5.18. The standard InChI is InChI=1S/C15H11BrN2O2/c1-9-2-4-12(7-13(9)15(19)20)18-14-5-3-11(16)6-10(14)8-17/h2-7,18H,1H3,(H,19,20). The zero-order valence-electron chi connectivity index (χ0n) is 10.6. The van der Waals surface area contributed by atoms with E-state index in [4.69, 9.17) is 10.4 Å². The van der Waals surface area contributed by atoms with Crippen LogP contribution >= 0.6 is 15.9 Å². The molecule has 0 aromatic heterocycles. The Morgan fingerprint density at radius 3 is 2.70 bits per heavy atom. The third-order valence-corrected chi connectivity index (χ3v) is 3.34. The number of carbonyl (C=O) groups is 1. The normalized spacial score (nSPS) is 9.85. The Bertz CT molecular complexity index is 720. The Labute approximate surface area is 124 Å². The van der Waals surface area contributed by atoms with Crippen molar-refractivity contribution in [3.63, 3.8) is 0 Å². The summed E-state index contributed by atoms with van der Waals surface area (Å²) in [4.78, 5) is 11.1. The molecule has 0 radical (unpaired) electrons. The van der Waals surface area contributed by atoms with Crippen LogP contribution in [0.15, 0.2) is 40.9 Å². The summed E-state index contributed by atoms with van der Waals surface area (Å²) in [6.07, 6.45) is 0. The molecule has 0 spiro atoms. The van der Waals surface area contributed by atoms with Gasteiger partial charge in [0.25, 0.3) is 0 Å². The van der Waals surface area contributed by atoms with E-state index in [0.29, 0.717) is 22.5 Å². The number of anilines is 2. The van der Waals surface area contributed by atoms with Gasteiger partial charge in [-0.1, -0.05) is 22.0 Å². The van der Waals surface area contributed by atoms with E-state index < -0.39 is 5.97 Å². The van der Waals surface area contributed by atoms with Crippen molar-refractivity contribution in [1.82, 2.24) is 0 Å². The van der Waals surface area contributed by atoms with Gasteiger partial charge in [-0.25, -0.2) is 4.79 Å². The van der Waals surface area contributed by atoms with Gasteiger partial charge in [-0.3, -0.25) is 0 Å². The highest BCUT2D eigenvalue weighted by Crippen LogP contribution is 2.25. The number of halogens is 1. The zero-order chi connectivity index (χ0) is 14.7. The number of nitrogens with zero attached hydrogens (tertiary/aromatic N) is 1. The number of rotatable bonds is 3. The predicted molar refractivity (Wildman–Crippen MR) is 80.3 cm³/mol. The minimum absolute atomic E-state index is 0.241. The maximum atomic E-state index is 11.1. The van der Waals surface area contributed by atoms with Crippen LogP contribution < -0.4 is 5.32 Å². The lowest BCUT2D eigenvalue weighted by Crippen LogP contribution is -2.01. The average molecular weight is 331 g/mol. The van der Waals surface area contributed by atoms with E-state index in [2.05, 4.69) is 27.3 Å². The number of nitrogens with one attached hydrogen (secondary N) is 1. The quantitative estimate of drug-likeness (QED) is 0.889. The minimum Gasteiger partial charge on any atom is -0.478 e. The lowest BCUT2D eigenvalue weighted by atomic mass is 10.1. The Morgan fingerprint density at radius 2 is 2.05 bits per heavy atom. The van der Waals surface area contributed by atoms with Crippen LogP contribution in [0.25, 0.3) is 0 Å². The summed E-state index contributed by atoms with van der Waals surface area (Å²) in [6.45, 7) is 1.74. The number of hydrogen-bond acceptors (Lipinski definition) is 3. The Balaban J connectivity index is 2.38. The summed E-state index contributed by atoms with van der Waals surface area (Å²) in [6, 6.07) is 12.5. The van der Waals surface area contributed by atoms with Crippen molar-refractivity contribution in [2.45, 2.75) is 6.92 Å². The van der Waals surface area contributed by atoms with Gasteiger partial charge in [-0.05, 0) is 42.8 Å². The molecule has 5 heteroatoms. The van der Waals surface area contributed by atoms with Crippen LogP contribution in [-0.4, -0.2) is 11.1 Å². The zero-order valence-corrected chi connectivity index (χ0v) is 12.2. The van der Waals surface area contributed by atoms with E-state index in [1.807, 2.05) is 6.07 Å². The number of aryl methyl sites for hydroxylation is 1. The second kappa shape index (κ2) is 5.76. The minimum atomic E-state index is -0.970. The number of aromatic carboxylic acids is 1. The second-order valence-electron chi connectivity index (χ2n) is 4.26. The predicted octanol–water partition coefficient (Wildman–Crippen LogP) is 4.07. The van der Waals surface area contributed by atoms with E-state index in [9.17, 15) is 4.79 Å². The van der Waals surface area contributed by atoms with E-state index in [1.54, 1.807) is 37.3 Å². The fourth-order valence-corrected chi connectivity index (χ4v) is 2.16. The molecular weight excluding hydrogens is 320 g/mol. The van der Waals surface area contributed by atoms with Crippen LogP contribution in [0.5, 0.6) is 0 Å². The molecule has 2 aromatic rings. The van der Waals surface area contributed by atoms with Crippen molar-refractivity contribution in [2.24, 2.45) is 0 Å². The molecule has 0 fully saturated rings. The molecule has 0 unspecified atom stereocenters. The van der Waals surface area contributed by atoms with Gasteiger partial charge in [0.15, 0.2) is 0 Å². The van der Waals surface area contributed by atoms with E-state index >= 15 is 0 Å². The molecule has 0 aliphatic carbocycles. The Kier molecular flexibility index (Phi) is 4.06. The van der Waals surface area contributed by atoms with E-state index in [0.717, 1.165) is 4.47 Å². The molecule has 100 valence electrons. The smallest absolute Gasteiger partial charge is 0.336 e. The summed E-state index contributed by atoms with van der Waals surface area (Å²) in [5, 5.41) is 21.3. The summed E-state index contributed by atoms with van der Waals surface area (Å²) < 4.78 is 0.815. The molecule has 0 saturated carbocycles. The third-order valence-electron chi connectivity index (χ3n) is 2.85. The molecule has 0 aliphatic heterocycles. The SMILES string of the molecule is Cc1ccc(Nc2ccc(Br)cc2C#N)cc1C(=O)O. The van der Waals surface area contributed by atoms with Gasteiger partial charge >= 0.3 is 5.97 Å². The van der Waals surface area contributed by atoms with Gasteiger partial charge in [0.2, 0.25) is 0 Å². The summed E-state index contributed by atoms with van der Waals surface area (Å²) in [5.74, 6) is -0.970. The fraction of sp³-hybridized carbons (Fsp3) is 0.0667. The van der Waals surface area contributed by atoms with Crippen molar-refractivity contribution in [2.75, 3.05) is 5.32 Å². The fourth-order valence-electron chi connectivity index (χ4n) is 1.80. The molecule has 0 bridgehead atoms. The van der Waals surface area contributed by atoms with Crippen molar-refractivity contribution >= 4 is 33.3 Å². The van der Waals surface area contributed by atoms with Gasteiger partial charge in [-0.2, -0.15) is 5.26 Å². The van der Waals surface area contributed by atoms with Gasteiger partial charge in [0, 0.05) is 10.2 Å². The number of hydrogen-bond donors (Lipinski definition) is 2. The molecule has 4 nitrogen and oxygen atoms in total. The van der Waals surface area contributed by atoms with Crippen LogP contribution in [0, 0.1) is 18.3 Å². The number of carboxylic acids is 1. The number of benzene rings is 2. The molecule has 0 aliphatic rings. The molecular formula is C15H11BrN2O2. The monoisotopic (exact) mass is 330 g/mol. The number of nitriles is 1. The van der Waals surface area contributed by atoms with Crippen LogP contribution in [-0.2, 0) is 0 Å². The van der Waals surface area contributed by atoms with Crippen LogP contribution in [0.2, 0.25) is 0 Å². The molecule has 2 aromatic carbocycles. The lowest BCUT2D eigenvalue weighted by Gasteiger charge is -2.10. The highest BCUT2D eigenvalue weighted by Gasteiger charge is 2.09. The van der Waals surface area contributed by atoms with Crippen LogP contribution in [0.3, 0.4) is 0 Å². The summed E-state index contributed by atoms with van der Waals surface area (Å²) in [5.41, 5.74) is 2.68. The Hall–Kier alpha value is -2.32. The molecule has 0 saturated heterocycles. The topological polar surface area (TPSA) is 73.1 Å². The van der Waals surface area contributed by atoms with E-state index in [-0.39, 0.29) is 5.56 Å². The van der Waals surface area contributed by atoms with Gasteiger partial charge < -0.3 is 10.4 Å². The van der Waals surface area contributed by atoms with Gasteiger partial charge in [0.05, 0.1) is 16.8 Å². The van der Waals surface area contributed by atoms with Crippen molar-refractivity contribution in [1.29, 1.82) is 5.26 Å². The molecule has 20 heavy (non-hydrogen) atoms. The third kappa shape index (κ3) is 2.98. The van der Waals surface area contributed by atoms with Crippen LogP contribution in [0.4, 0.5) is 11.4 Å².